The molecule has 0 aromatic heterocycles. The number of fused-ring (bicyclic) bond motifs is 1. The van der Waals surface area contributed by atoms with Crippen molar-refractivity contribution in [3.8, 4) is 0 Å². The van der Waals surface area contributed by atoms with Crippen LogP contribution in [0.3, 0.4) is 0 Å². The summed E-state index contributed by atoms with van der Waals surface area (Å²) in [7, 11) is 0. The maximum atomic E-state index is 10.3. The SMILES string of the molecule is CC1(CNCC(O)c2ccc3ccccc3c2)COC1. The minimum atomic E-state index is -0.468. The fourth-order valence-electron chi connectivity index (χ4n) is 2.60. The zero-order chi connectivity index (χ0) is 14.0. The van der Waals surface area contributed by atoms with Crippen molar-refractivity contribution >= 4 is 10.8 Å². The van der Waals surface area contributed by atoms with E-state index in [1.54, 1.807) is 0 Å². The van der Waals surface area contributed by atoms with Crippen LogP contribution in [0.15, 0.2) is 42.5 Å². The molecule has 1 fully saturated rings. The van der Waals surface area contributed by atoms with Gasteiger partial charge in [-0.05, 0) is 22.4 Å². The number of aliphatic hydroxyl groups is 1. The molecule has 0 aliphatic carbocycles. The summed E-state index contributed by atoms with van der Waals surface area (Å²) in [5, 5.41) is 16.0. The molecule has 0 spiro atoms. The standard InChI is InChI=1S/C17H21NO2/c1-17(11-20-12-17)10-18-9-16(19)15-7-6-13-4-2-3-5-14(13)8-15/h2-8,16,18-19H,9-12H2,1H3. The monoisotopic (exact) mass is 271 g/mol. The van der Waals surface area contributed by atoms with Crippen LogP contribution in [0.1, 0.15) is 18.6 Å². The zero-order valence-electron chi connectivity index (χ0n) is 11.8. The van der Waals surface area contributed by atoms with Gasteiger partial charge in [-0.3, -0.25) is 0 Å². The minimum Gasteiger partial charge on any atom is -0.387 e. The van der Waals surface area contributed by atoms with Gasteiger partial charge in [0.1, 0.15) is 0 Å². The van der Waals surface area contributed by atoms with E-state index < -0.39 is 6.10 Å². The van der Waals surface area contributed by atoms with Gasteiger partial charge >= 0.3 is 0 Å². The predicted molar refractivity (Wildman–Crippen MR) is 80.7 cm³/mol. The molecular formula is C17H21NO2. The van der Waals surface area contributed by atoms with Crippen molar-refractivity contribution in [2.24, 2.45) is 5.41 Å². The molecule has 1 aliphatic rings. The number of hydrogen-bond acceptors (Lipinski definition) is 3. The van der Waals surface area contributed by atoms with Gasteiger partial charge in [0.25, 0.3) is 0 Å². The molecule has 2 aromatic rings. The van der Waals surface area contributed by atoms with Crippen molar-refractivity contribution in [1.29, 1.82) is 0 Å². The molecule has 1 aliphatic heterocycles. The molecule has 1 atom stereocenters. The Morgan fingerprint density at radius 3 is 2.65 bits per heavy atom. The molecule has 3 nitrogen and oxygen atoms in total. The van der Waals surface area contributed by atoms with Gasteiger partial charge in [-0.15, -0.1) is 0 Å². The smallest absolute Gasteiger partial charge is 0.0914 e. The topological polar surface area (TPSA) is 41.5 Å². The molecule has 1 unspecified atom stereocenters. The van der Waals surface area contributed by atoms with Crippen LogP contribution in [0.2, 0.25) is 0 Å². The molecule has 1 saturated heterocycles. The molecule has 3 heteroatoms. The third-order valence-corrected chi connectivity index (χ3v) is 3.95. The lowest BCUT2D eigenvalue weighted by Crippen LogP contribution is -2.47. The Labute approximate surface area is 119 Å². The van der Waals surface area contributed by atoms with E-state index in [4.69, 9.17) is 4.74 Å². The molecule has 0 radical (unpaired) electrons. The van der Waals surface area contributed by atoms with Gasteiger partial charge in [-0.1, -0.05) is 43.3 Å². The summed E-state index contributed by atoms with van der Waals surface area (Å²) in [5.41, 5.74) is 1.20. The Kier molecular flexibility index (Phi) is 3.74. The molecule has 0 amide bonds. The second-order valence-corrected chi connectivity index (χ2v) is 6.06. The van der Waals surface area contributed by atoms with E-state index in [9.17, 15) is 5.11 Å². The van der Waals surface area contributed by atoms with Crippen LogP contribution in [-0.4, -0.2) is 31.4 Å². The summed E-state index contributed by atoms with van der Waals surface area (Å²) in [5.74, 6) is 0. The van der Waals surface area contributed by atoms with E-state index in [0.717, 1.165) is 25.3 Å². The average molecular weight is 271 g/mol. The van der Waals surface area contributed by atoms with Crippen LogP contribution in [0.4, 0.5) is 0 Å². The van der Waals surface area contributed by atoms with Gasteiger partial charge in [0, 0.05) is 18.5 Å². The van der Waals surface area contributed by atoms with Gasteiger partial charge in [0.15, 0.2) is 0 Å². The molecule has 2 N–H and O–H groups in total. The Morgan fingerprint density at radius 1 is 1.20 bits per heavy atom. The van der Waals surface area contributed by atoms with E-state index >= 15 is 0 Å². The first-order chi connectivity index (χ1) is 9.66. The Balaban J connectivity index is 1.61. The lowest BCUT2D eigenvalue weighted by molar-refractivity contribution is -0.0996. The fraction of sp³-hybridized carbons (Fsp3) is 0.412. The van der Waals surface area contributed by atoms with E-state index in [0.29, 0.717) is 6.54 Å². The van der Waals surface area contributed by atoms with Gasteiger partial charge in [0.2, 0.25) is 0 Å². The summed E-state index contributed by atoms with van der Waals surface area (Å²) in [6.45, 7) is 5.29. The van der Waals surface area contributed by atoms with Crippen LogP contribution in [0.5, 0.6) is 0 Å². The third kappa shape index (κ3) is 2.85. The molecule has 3 rings (SSSR count). The highest BCUT2D eigenvalue weighted by atomic mass is 16.5. The van der Waals surface area contributed by atoms with Crippen molar-refractivity contribution in [3.63, 3.8) is 0 Å². The molecule has 1 heterocycles. The van der Waals surface area contributed by atoms with Crippen LogP contribution < -0.4 is 5.32 Å². The van der Waals surface area contributed by atoms with Crippen LogP contribution in [0.25, 0.3) is 10.8 Å². The maximum Gasteiger partial charge on any atom is 0.0914 e. The number of nitrogens with one attached hydrogen (secondary N) is 1. The fourth-order valence-corrected chi connectivity index (χ4v) is 2.60. The predicted octanol–water partition coefficient (Wildman–Crippen LogP) is 2.50. The highest BCUT2D eigenvalue weighted by Crippen LogP contribution is 2.25. The average Bonchev–Trinajstić information content (AvgIpc) is 2.45. The van der Waals surface area contributed by atoms with Gasteiger partial charge in [0.05, 0.1) is 19.3 Å². The largest absolute Gasteiger partial charge is 0.387 e. The van der Waals surface area contributed by atoms with E-state index in [1.807, 2.05) is 18.2 Å². The second-order valence-electron chi connectivity index (χ2n) is 6.06. The van der Waals surface area contributed by atoms with Gasteiger partial charge < -0.3 is 15.2 Å². The Bertz CT molecular complexity index is 592. The lowest BCUT2D eigenvalue weighted by atomic mass is 9.88. The highest BCUT2D eigenvalue weighted by molar-refractivity contribution is 5.83. The summed E-state index contributed by atoms with van der Waals surface area (Å²) >= 11 is 0. The third-order valence-electron chi connectivity index (χ3n) is 3.95. The van der Waals surface area contributed by atoms with Crippen molar-refractivity contribution in [1.82, 2.24) is 5.32 Å². The quantitative estimate of drug-likeness (QED) is 0.878. The first kappa shape index (κ1) is 13.6. The summed E-state index contributed by atoms with van der Waals surface area (Å²) in [4.78, 5) is 0. The molecule has 106 valence electrons. The molecule has 20 heavy (non-hydrogen) atoms. The van der Waals surface area contributed by atoms with E-state index in [1.165, 1.54) is 10.8 Å². The Morgan fingerprint density at radius 2 is 1.95 bits per heavy atom. The zero-order valence-corrected chi connectivity index (χ0v) is 11.8. The minimum absolute atomic E-state index is 0.239. The van der Waals surface area contributed by atoms with E-state index in [-0.39, 0.29) is 5.41 Å². The summed E-state index contributed by atoms with van der Waals surface area (Å²) < 4.78 is 5.23. The van der Waals surface area contributed by atoms with Crippen LogP contribution in [-0.2, 0) is 4.74 Å². The van der Waals surface area contributed by atoms with Crippen molar-refractivity contribution in [2.75, 3.05) is 26.3 Å². The molecule has 2 aromatic carbocycles. The second kappa shape index (κ2) is 5.52. The number of aliphatic hydroxyl groups excluding tert-OH is 1. The first-order valence-corrected chi connectivity index (χ1v) is 7.12. The normalized spacial score (nSPS) is 18.7. The number of hydrogen-bond donors (Lipinski definition) is 2. The van der Waals surface area contributed by atoms with Gasteiger partial charge in [-0.25, -0.2) is 0 Å². The number of ether oxygens (including phenoxy) is 1. The van der Waals surface area contributed by atoms with Crippen molar-refractivity contribution in [2.45, 2.75) is 13.0 Å². The molecule has 0 bridgehead atoms. The summed E-state index contributed by atoms with van der Waals surface area (Å²) in [6.07, 6.45) is -0.468. The maximum absolute atomic E-state index is 10.3. The number of benzene rings is 2. The number of rotatable bonds is 5. The van der Waals surface area contributed by atoms with Crippen molar-refractivity contribution < 1.29 is 9.84 Å². The lowest BCUT2D eigenvalue weighted by Gasteiger charge is -2.38. The summed E-state index contributed by atoms with van der Waals surface area (Å²) in [6, 6.07) is 14.3. The van der Waals surface area contributed by atoms with Crippen molar-refractivity contribution in [3.05, 3.63) is 48.0 Å². The molecular weight excluding hydrogens is 250 g/mol. The Hall–Kier alpha value is -1.42. The molecule has 0 saturated carbocycles. The highest BCUT2D eigenvalue weighted by Gasteiger charge is 2.32. The van der Waals surface area contributed by atoms with Crippen LogP contribution >= 0.6 is 0 Å². The van der Waals surface area contributed by atoms with E-state index in [2.05, 4.69) is 36.5 Å². The first-order valence-electron chi connectivity index (χ1n) is 7.12. The van der Waals surface area contributed by atoms with Crippen LogP contribution in [0, 0.1) is 5.41 Å². The van der Waals surface area contributed by atoms with Gasteiger partial charge in [-0.2, -0.15) is 0 Å².